The van der Waals surface area contributed by atoms with Gasteiger partial charge in [-0.25, -0.2) is 0 Å². The number of anilines is 3. The van der Waals surface area contributed by atoms with Crippen LogP contribution in [-0.2, 0) is 0 Å². The van der Waals surface area contributed by atoms with E-state index in [1.807, 2.05) is 49.5 Å². The summed E-state index contributed by atoms with van der Waals surface area (Å²) in [7, 11) is 0. The van der Waals surface area contributed by atoms with Gasteiger partial charge in [0.2, 0.25) is 0 Å². The van der Waals surface area contributed by atoms with Gasteiger partial charge in [-0.1, -0.05) is 15.9 Å². The molecule has 0 fully saturated rings. The molecule has 1 heterocycles. The molecule has 0 unspecified atom stereocenters. The number of halogens is 2. The minimum Gasteiger partial charge on any atom is -0.398 e. The lowest BCUT2D eigenvalue weighted by atomic mass is 10.1. The van der Waals surface area contributed by atoms with Crippen molar-refractivity contribution in [2.45, 2.75) is 6.92 Å². The predicted octanol–water partition coefficient (Wildman–Crippen LogP) is 5.39. The molecule has 21 heavy (non-hydrogen) atoms. The number of benzene rings is 2. The third-order valence-corrected chi connectivity index (χ3v) is 4.45. The smallest absolute Gasteiger partial charge is 0.0540 e. The number of rotatable bonds is 2. The molecule has 0 saturated carbocycles. The highest BCUT2D eigenvalue weighted by Crippen LogP contribution is 2.34. The Balaban J connectivity index is 2.14. The molecule has 0 amide bonds. The standard InChI is InChI=1S/C16H13Br2N3/c1-9-6-11-12(8-20-9)14(19)4-5-15(11)21-16-7-10(17)2-3-13(16)18/h2-8,21H,19H2,1H3. The zero-order valence-electron chi connectivity index (χ0n) is 11.3. The van der Waals surface area contributed by atoms with E-state index in [4.69, 9.17) is 5.73 Å². The molecule has 3 N–H and O–H groups in total. The van der Waals surface area contributed by atoms with Gasteiger partial charge in [0.05, 0.1) is 5.69 Å². The Morgan fingerprint density at radius 1 is 1.00 bits per heavy atom. The fourth-order valence-corrected chi connectivity index (χ4v) is 2.92. The molecule has 0 aliphatic rings. The van der Waals surface area contributed by atoms with Gasteiger partial charge in [0, 0.05) is 43.0 Å². The van der Waals surface area contributed by atoms with Crippen molar-refractivity contribution in [2.75, 3.05) is 11.1 Å². The quantitative estimate of drug-likeness (QED) is 0.560. The lowest BCUT2D eigenvalue weighted by molar-refractivity contribution is 1.22. The van der Waals surface area contributed by atoms with Crippen LogP contribution >= 0.6 is 31.9 Å². The number of nitrogen functional groups attached to an aromatic ring is 1. The molecule has 0 bridgehead atoms. The van der Waals surface area contributed by atoms with Crippen LogP contribution in [0.25, 0.3) is 10.8 Å². The summed E-state index contributed by atoms with van der Waals surface area (Å²) in [5.74, 6) is 0. The van der Waals surface area contributed by atoms with Gasteiger partial charge < -0.3 is 11.1 Å². The highest BCUT2D eigenvalue weighted by atomic mass is 79.9. The lowest BCUT2D eigenvalue weighted by Crippen LogP contribution is -1.96. The van der Waals surface area contributed by atoms with Crippen LogP contribution in [0.15, 0.2) is 51.5 Å². The van der Waals surface area contributed by atoms with Crippen molar-refractivity contribution in [1.82, 2.24) is 4.98 Å². The summed E-state index contributed by atoms with van der Waals surface area (Å²) in [6.45, 7) is 1.97. The maximum Gasteiger partial charge on any atom is 0.0540 e. The molecule has 0 aliphatic carbocycles. The third-order valence-electron chi connectivity index (χ3n) is 3.27. The van der Waals surface area contributed by atoms with Crippen LogP contribution in [0.3, 0.4) is 0 Å². The van der Waals surface area contributed by atoms with Crippen LogP contribution in [0.2, 0.25) is 0 Å². The first-order valence-corrected chi connectivity index (χ1v) is 8.00. The number of fused-ring (bicyclic) bond motifs is 1. The number of hydrogen-bond acceptors (Lipinski definition) is 3. The van der Waals surface area contributed by atoms with E-state index >= 15 is 0 Å². The normalized spacial score (nSPS) is 10.8. The molecule has 2 aromatic carbocycles. The maximum absolute atomic E-state index is 6.04. The zero-order valence-corrected chi connectivity index (χ0v) is 14.5. The number of aryl methyl sites for hydroxylation is 1. The SMILES string of the molecule is Cc1cc2c(Nc3cc(Br)ccc3Br)ccc(N)c2cn1. The number of nitrogens with two attached hydrogens (primary N) is 1. The van der Waals surface area contributed by atoms with Gasteiger partial charge in [-0.2, -0.15) is 0 Å². The van der Waals surface area contributed by atoms with E-state index in [0.717, 1.165) is 42.5 Å². The van der Waals surface area contributed by atoms with E-state index in [9.17, 15) is 0 Å². The van der Waals surface area contributed by atoms with Crippen molar-refractivity contribution >= 4 is 59.7 Å². The second-order valence-corrected chi connectivity index (χ2v) is 6.59. The van der Waals surface area contributed by atoms with Gasteiger partial charge in [0.25, 0.3) is 0 Å². The Morgan fingerprint density at radius 2 is 1.81 bits per heavy atom. The Labute approximate surface area is 139 Å². The topological polar surface area (TPSA) is 50.9 Å². The molecule has 1 aromatic heterocycles. The molecular formula is C16H13Br2N3. The summed E-state index contributed by atoms with van der Waals surface area (Å²) in [4.78, 5) is 4.32. The van der Waals surface area contributed by atoms with Crippen molar-refractivity contribution in [3.05, 3.63) is 57.2 Å². The minimum absolute atomic E-state index is 0.733. The maximum atomic E-state index is 6.04. The average molecular weight is 407 g/mol. The monoisotopic (exact) mass is 405 g/mol. The largest absolute Gasteiger partial charge is 0.398 e. The Morgan fingerprint density at radius 3 is 2.62 bits per heavy atom. The number of aromatic nitrogens is 1. The van der Waals surface area contributed by atoms with Crippen molar-refractivity contribution < 1.29 is 0 Å². The van der Waals surface area contributed by atoms with Crippen LogP contribution in [0.1, 0.15) is 5.69 Å². The predicted molar refractivity (Wildman–Crippen MR) is 96.0 cm³/mol. The number of hydrogen-bond donors (Lipinski definition) is 2. The molecule has 0 saturated heterocycles. The van der Waals surface area contributed by atoms with E-state index in [2.05, 4.69) is 42.2 Å². The average Bonchev–Trinajstić information content (AvgIpc) is 2.46. The second kappa shape index (κ2) is 5.66. The minimum atomic E-state index is 0.733. The van der Waals surface area contributed by atoms with Gasteiger partial charge in [-0.05, 0) is 59.3 Å². The van der Waals surface area contributed by atoms with Crippen LogP contribution in [0, 0.1) is 6.92 Å². The summed E-state index contributed by atoms with van der Waals surface area (Å²) in [5.41, 5.74) is 9.73. The molecule has 0 radical (unpaired) electrons. The van der Waals surface area contributed by atoms with Gasteiger partial charge in [-0.15, -0.1) is 0 Å². The first kappa shape index (κ1) is 14.4. The Bertz CT molecular complexity index is 831. The Kier molecular flexibility index (Phi) is 3.87. The van der Waals surface area contributed by atoms with E-state index in [1.165, 1.54) is 0 Å². The molecule has 0 atom stereocenters. The van der Waals surface area contributed by atoms with E-state index in [1.54, 1.807) is 0 Å². The van der Waals surface area contributed by atoms with Gasteiger partial charge in [0.15, 0.2) is 0 Å². The molecule has 3 nitrogen and oxygen atoms in total. The first-order chi connectivity index (χ1) is 10.0. The number of nitrogens with zero attached hydrogens (tertiary/aromatic N) is 1. The summed E-state index contributed by atoms with van der Waals surface area (Å²) in [5, 5.41) is 5.47. The van der Waals surface area contributed by atoms with Crippen LogP contribution in [-0.4, -0.2) is 4.98 Å². The van der Waals surface area contributed by atoms with E-state index in [0.29, 0.717) is 0 Å². The van der Waals surface area contributed by atoms with Crippen molar-refractivity contribution in [2.24, 2.45) is 0 Å². The molecule has 3 rings (SSSR count). The summed E-state index contributed by atoms with van der Waals surface area (Å²) >= 11 is 7.05. The van der Waals surface area contributed by atoms with Crippen molar-refractivity contribution in [3.63, 3.8) is 0 Å². The van der Waals surface area contributed by atoms with Crippen LogP contribution < -0.4 is 11.1 Å². The molecule has 0 spiro atoms. The van der Waals surface area contributed by atoms with Crippen molar-refractivity contribution in [3.8, 4) is 0 Å². The van der Waals surface area contributed by atoms with Crippen molar-refractivity contribution in [1.29, 1.82) is 0 Å². The molecular weight excluding hydrogens is 394 g/mol. The van der Waals surface area contributed by atoms with Crippen LogP contribution in [0.4, 0.5) is 17.1 Å². The summed E-state index contributed by atoms with van der Waals surface area (Å²) in [6, 6.07) is 11.9. The fraction of sp³-hybridized carbons (Fsp3) is 0.0625. The number of pyridine rings is 1. The van der Waals surface area contributed by atoms with Gasteiger partial charge >= 0.3 is 0 Å². The van der Waals surface area contributed by atoms with Gasteiger partial charge in [0.1, 0.15) is 0 Å². The fourth-order valence-electron chi connectivity index (χ4n) is 2.21. The molecule has 0 aliphatic heterocycles. The zero-order chi connectivity index (χ0) is 15.0. The summed E-state index contributed by atoms with van der Waals surface area (Å²) in [6.07, 6.45) is 1.82. The molecule has 106 valence electrons. The lowest BCUT2D eigenvalue weighted by Gasteiger charge is -2.13. The Hall–Kier alpha value is -1.59. The van der Waals surface area contributed by atoms with Gasteiger partial charge in [-0.3, -0.25) is 4.98 Å². The second-order valence-electron chi connectivity index (χ2n) is 4.82. The molecule has 3 aromatic rings. The highest BCUT2D eigenvalue weighted by molar-refractivity contribution is 9.11. The van der Waals surface area contributed by atoms with E-state index < -0.39 is 0 Å². The highest BCUT2D eigenvalue weighted by Gasteiger charge is 2.07. The number of nitrogens with one attached hydrogen (secondary N) is 1. The first-order valence-electron chi connectivity index (χ1n) is 6.41. The molecule has 5 heteroatoms. The van der Waals surface area contributed by atoms with E-state index in [-0.39, 0.29) is 0 Å². The third kappa shape index (κ3) is 2.89. The van der Waals surface area contributed by atoms with Crippen LogP contribution in [0.5, 0.6) is 0 Å². The summed E-state index contributed by atoms with van der Waals surface area (Å²) < 4.78 is 2.02.